The molecule has 2 aromatic carbocycles. The van der Waals surface area contributed by atoms with E-state index in [4.69, 9.17) is 21.1 Å². The van der Waals surface area contributed by atoms with E-state index in [2.05, 4.69) is 0 Å². The number of ether oxygens (including phenoxy) is 2. The molecule has 0 bridgehead atoms. The molecule has 106 valence electrons. The molecule has 0 unspecified atom stereocenters. The molecule has 0 aromatic heterocycles. The minimum absolute atomic E-state index is 0.121. The van der Waals surface area contributed by atoms with E-state index in [-0.39, 0.29) is 6.79 Å². The summed E-state index contributed by atoms with van der Waals surface area (Å²) in [6.07, 6.45) is -0.641. The van der Waals surface area contributed by atoms with E-state index in [0.717, 1.165) is 5.56 Å². The standard InChI is InChI=1S/C16H17ClO3/c1-12(18)15-9-14(17)7-8-16(15)20-11-19-10-13-5-3-2-4-6-13/h2-9,12,18H,10-11H2,1H3/t12-/m0/s1. The Balaban J connectivity index is 1.88. The summed E-state index contributed by atoms with van der Waals surface area (Å²) in [4.78, 5) is 0. The molecule has 0 aliphatic heterocycles. The van der Waals surface area contributed by atoms with Crippen molar-refractivity contribution >= 4 is 11.6 Å². The Morgan fingerprint density at radius 1 is 1.15 bits per heavy atom. The number of hydrogen-bond acceptors (Lipinski definition) is 3. The van der Waals surface area contributed by atoms with Crippen molar-refractivity contribution in [2.45, 2.75) is 19.6 Å². The van der Waals surface area contributed by atoms with Gasteiger partial charge in [-0.3, -0.25) is 0 Å². The maximum Gasteiger partial charge on any atom is 0.189 e. The van der Waals surface area contributed by atoms with Gasteiger partial charge in [-0.15, -0.1) is 0 Å². The highest BCUT2D eigenvalue weighted by atomic mass is 35.5. The third-order valence-corrected chi connectivity index (χ3v) is 3.07. The maximum atomic E-state index is 9.68. The number of aliphatic hydroxyl groups excluding tert-OH is 1. The predicted molar refractivity (Wildman–Crippen MR) is 78.8 cm³/mol. The van der Waals surface area contributed by atoms with Gasteiger partial charge in [0.2, 0.25) is 0 Å². The molecular formula is C16H17ClO3. The normalized spacial score (nSPS) is 12.2. The van der Waals surface area contributed by atoms with E-state index >= 15 is 0 Å². The topological polar surface area (TPSA) is 38.7 Å². The van der Waals surface area contributed by atoms with Gasteiger partial charge in [0.25, 0.3) is 0 Å². The SMILES string of the molecule is C[C@H](O)c1cc(Cl)ccc1OCOCc1ccccc1. The van der Waals surface area contributed by atoms with E-state index in [0.29, 0.717) is 22.9 Å². The molecule has 2 rings (SSSR count). The van der Waals surface area contributed by atoms with E-state index in [1.54, 1.807) is 25.1 Å². The molecule has 0 saturated carbocycles. The Labute approximate surface area is 123 Å². The Morgan fingerprint density at radius 2 is 1.90 bits per heavy atom. The van der Waals surface area contributed by atoms with Gasteiger partial charge < -0.3 is 14.6 Å². The first-order chi connectivity index (χ1) is 9.66. The highest BCUT2D eigenvalue weighted by Crippen LogP contribution is 2.28. The zero-order valence-corrected chi connectivity index (χ0v) is 12.0. The van der Waals surface area contributed by atoms with Crippen molar-refractivity contribution in [3.63, 3.8) is 0 Å². The molecule has 4 heteroatoms. The summed E-state index contributed by atoms with van der Waals surface area (Å²) in [5, 5.41) is 10.3. The van der Waals surface area contributed by atoms with Gasteiger partial charge in [-0.1, -0.05) is 41.9 Å². The molecule has 0 aliphatic carbocycles. The summed E-state index contributed by atoms with van der Waals surface area (Å²) in [6.45, 7) is 2.28. The lowest BCUT2D eigenvalue weighted by molar-refractivity contribution is 0.00343. The molecule has 1 N–H and O–H groups in total. The first-order valence-electron chi connectivity index (χ1n) is 6.39. The summed E-state index contributed by atoms with van der Waals surface area (Å²) in [5.74, 6) is 0.581. The highest BCUT2D eigenvalue weighted by Gasteiger charge is 2.09. The second-order valence-corrected chi connectivity index (χ2v) is 4.89. The van der Waals surface area contributed by atoms with Gasteiger partial charge in [-0.05, 0) is 30.7 Å². The van der Waals surface area contributed by atoms with Crippen molar-refractivity contribution < 1.29 is 14.6 Å². The van der Waals surface area contributed by atoms with Crippen LogP contribution >= 0.6 is 11.6 Å². The molecule has 1 atom stereocenters. The van der Waals surface area contributed by atoms with Crippen LogP contribution in [0.2, 0.25) is 5.02 Å². The van der Waals surface area contributed by atoms with Crippen LogP contribution in [0.3, 0.4) is 0 Å². The van der Waals surface area contributed by atoms with E-state index in [9.17, 15) is 5.11 Å². The molecule has 0 spiro atoms. The Bertz CT molecular complexity index is 541. The number of benzene rings is 2. The first-order valence-corrected chi connectivity index (χ1v) is 6.76. The van der Waals surface area contributed by atoms with Crippen molar-refractivity contribution in [2.75, 3.05) is 6.79 Å². The lowest BCUT2D eigenvalue weighted by Gasteiger charge is -2.14. The van der Waals surface area contributed by atoms with Crippen LogP contribution < -0.4 is 4.74 Å². The molecule has 0 radical (unpaired) electrons. The zero-order valence-electron chi connectivity index (χ0n) is 11.3. The summed E-state index contributed by atoms with van der Waals surface area (Å²) in [6, 6.07) is 15.0. The van der Waals surface area contributed by atoms with Gasteiger partial charge in [0.05, 0.1) is 12.7 Å². The fourth-order valence-corrected chi connectivity index (χ4v) is 2.00. The van der Waals surface area contributed by atoms with Gasteiger partial charge in [-0.2, -0.15) is 0 Å². The summed E-state index contributed by atoms with van der Waals surface area (Å²) in [5.41, 5.74) is 1.74. The summed E-state index contributed by atoms with van der Waals surface area (Å²) in [7, 11) is 0. The van der Waals surface area contributed by atoms with Gasteiger partial charge in [-0.25, -0.2) is 0 Å². The Morgan fingerprint density at radius 3 is 2.60 bits per heavy atom. The zero-order chi connectivity index (χ0) is 14.4. The largest absolute Gasteiger partial charge is 0.467 e. The van der Waals surface area contributed by atoms with Crippen LogP contribution in [-0.4, -0.2) is 11.9 Å². The molecule has 2 aromatic rings. The number of aliphatic hydroxyl groups is 1. The van der Waals surface area contributed by atoms with Crippen LogP contribution in [0.4, 0.5) is 0 Å². The van der Waals surface area contributed by atoms with Crippen LogP contribution in [0.25, 0.3) is 0 Å². The van der Waals surface area contributed by atoms with Crippen molar-refractivity contribution in [2.24, 2.45) is 0 Å². The van der Waals surface area contributed by atoms with Gasteiger partial charge in [0.1, 0.15) is 5.75 Å². The van der Waals surface area contributed by atoms with Crippen LogP contribution in [0.5, 0.6) is 5.75 Å². The van der Waals surface area contributed by atoms with Crippen LogP contribution in [0.1, 0.15) is 24.2 Å². The van der Waals surface area contributed by atoms with Gasteiger partial charge >= 0.3 is 0 Å². The summed E-state index contributed by atoms with van der Waals surface area (Å²) >= 11 is 5.90. The minimum atomic E-state index is -0.641. The maximum absolute atomic E-state index is 9.68. The van der Waals surface area contributed by atoms with E-state index in [1.165, 1.54) is 0 Å². The van der Waals surface area contributed by atoms with Gasteiger partial charge in [0, 0.05) is 10.6 Å². The minimum Gasteiger partial charge on any atom is -0.467 e. The second-order valence-electron chi connectivity index (χ2n) is 4.45. The fraction of sp³-hybridized carbons (Fsp3) is 0.250. The third kappa shape index (κ3) is 4.23. The number of hydrogen-bond donors (Lipinski definition) is 1. The number of halogens is 1. The Kier molecular flexibility index (Phi) is 5.41. The number of rotatable bonds is 6. The third-order valence-electron chi connectivity index (χ3n) is 2.83. The average Bonchev–Trinajstić information content (AvgIpc) is 2.45. The van der Waals surface area contributed by atoms with E-state index in [1.807, 2.05) is 30.3 Å². The highest BCUT2D eigenvalue weighted by molar-refractivity contribution is 6.30. The van der Waals surface area contributed by atoms with Crippen LogP contribution in [-0.2, 0) is 11.3 Å². The van der Waals surface area contributed by atoms with Gasteiger partial charge in [0.15, 0.2) is 6.79 Å². The lowest BCUT2D eigenvalue weighted by atomic mass is 10.1. The van der Waals surface area contributed by atoms with Crippen molar-refractivity contribution in [1.82, 2.24) is 0 Å². The monoisotopic (exact) mass is 292 g/mol. The Hall–Kier alpha value is -1.55. The van der Waals surface area contributed by atoms with E-state index < -0.39 is 6.10 Å². The molecule has 0 fully saturated rings. The molecule has 0 heterocycles. The van der Waals surface area contributed by atoms with Crippen molar-refractivity contribution in [3.8, 4) is 5.75 Å². The fourth-order valence-electron chi connectivity index (χ4n) is 1.82. The molecule has 0 amide bonds. The average molecular weight is 293 g/mol. The van der Waals surface area contributed by atoms with Crippen LogP contribution in [0.15, 0.2) is 48.5 Å². The lowest BCUT2D eigenvalue weighted by Crippen LogP contribution is -2.05. The molecule has 20 heavy (non-hydrogen) atoms. The molecule has 3 nitrogen and oxygen atoms in total. The second kappa shape index (κ2) is 7.29. The summed E-state index contributed by atoms with van der Waals surface area (Å²) < 4.78 is 11.0. The smallest absolute Gasteiger partial charge is 0.189 e. The van der Waals surface area contributed by atoms with Crippen molar-refractivity contribution in [3.05, 3.63) is 64.7 Å². The van der Waals surface area contributed by atoms with Crippen LogP contribution in [0, 0.1) is 0 Å². The van der Waals surface area contributed by atoms with Crippen molar-refractivity contribution in [1.29, 1.82) is 0 Å². The molecule has 0 saturated heterocycles. The quantitative estimate of drug-likeness (QED) is 0.647. The first kappa shape index (κ1) is 14.9. The molecule has 0 aliphatic rings. The molecular weight excluding hydrogens is 276 g/mol. The predicted octanol–water partition coefficient (Wildman–Crippen LogP) is 3.95.